The summed E-state index contributed by atoms with van der Waals surface area (Å²) in [4.78, 5) is 47.4. The summed E-state index contributed by atoms with van der Waals surface area (Å²) in [7, 11) is 2.12. The van der Waals surface area contributed by atoms with Crippen LogP contribution in [0.3, 0.4) is 0 Å². The van der Waals surface area contributed by atoms with Crippen molar-refractivity contribution >= 4 is 41.1 Å². The van der Waals surface area contributed by atoms with Crippen LogP contribution < -0.4 is 10.6 Å². The van der Waals surface area contributed by atoms with E-state index in [-0.39, 0.29) is 46.2 Å². The summed E-state index contributed by atoms with van der Waals surface area (Å²) in [6, 6.07) is 10.5. The Bertz CT molecular complexity index is 1330. The lowest BCUT2D eigenvalue weighted by Crippen LogP contribution is -2.49. The van der Waals surface area contributed by atoms with Gasteiger partial charge in [0.05, 0.1) is 10.6 Å². The molecule has 2 aliphatic rings. The zero-order valence-corrected chi connectivity index (χ0v) is 23.9. The van der Waals surface area contributed by atoms with Gasteiger partial charge in [0.25, 0.3) is 11.8 Å². The highest BCUT2D eigenvalue weighted by Gasteiger charge is 2.28. The zero-order chi connectivity index (χ0) is 28.9. The number of piperazine rings is 1. The van der Waals surface area contributed by atoms with E-state index in [9.17, 15) is 18.8 Å². The van der Waals surface area contributed by atoms with Crippen LogP contribution in [0.5, 0.6) is 0 Å². The summed E-state index contributed by atoms with van der Waals surface area (Å²) in [6.07, 6.45) is 1.91. The van der Waals surface area contributed by atoms with Crippen LogP contribution in [0.15, 0.2) is 58.7 Å². The Balaban J connectivity index is 1.31. The summed E-state index contributed by atoms with van der Waals surface area (Å²) in [6.45, 7) is 9.67. The van der Waals surface area contributed by atoms with Gasteiger partial charge in [-0.1, -0.05) is 37.6 Å². The molecular weight excluding hydrogens is 533 g/mol. The maximum Gasteiger partial charge on any atom is 0.270 e. The van der Waals surface area contributed by atoms with Crippen molar-refractivity contribution in [1.82, 2.24) is 15.1 Å². The van der Waals surface area contributed by atoms with E-state index in [1.165, 1.54) is 12.1 Å². The van der Waals surface area contributed by atoms with Crippen LogP contribution in [0.2, 0.25) is 5.02 Å². The minimum absolute atomic E-state index is 0.0689. The molecule has 2 N–H and O–H groups in total. The maximum absolute atomic E-state index is 13.3. The molecule has 0 spiro atoms. The molecule has 0 radical (unpaired) electrons. The number of nitrogens with one attached hydrogen (secondary N) is 2. The average molecular weight is 568 g/mol. The second-order valence-corrected chi connectivity index (χ2v) is 11.6. The number of amides is 2. The third kappa shape index (κ3) is 7.84. The van der Waals surface area contributed by atoms with Gasteiger partial charge in [-0.05, 0) is 48.4 Å². The van der Waals surface area contributed by atoms with Gasteiger partial charge in [-0.3, -0.25) is 19.4 Å². The van der Waals surface area contributed by atoms with Crippen molar-refractivity contribution < 1.29 is 18.8 Å². The predicted octanol–water partition coefficient (Wildman–Crippen LogP) is 3.96. The quantitative estimate of drug-likeness (QED) is 0.424. The molecule has 212 valence electrons. The van der Waals surface area contributed by atoms with Crippen molar-refractivity contribution in [2.75, 3.05) is 51.6 Å². The predicted molar refractivity (Wildman–Crippen MR) is 155 cm³/mol. The van der Waals surface area contributed by atoms with Crippen molar-refractivity contribution in [3.05, 3.63) is 75.7 Å². The number of anilines is 1. The maximum atomic E-state index is 13.3. The Labute approximate surface area is 239 Å². The fourth-order valence-electron chi connectivity index (χ4n) is 4.78. The van der Waals surface area contributed by atoms with Crippen LogP contribution in [0.4, 0.5) is 10.1 Å². The number of ketones is 1. The van der Waals surface area contributed by atoms with Crippen LogP contribution in [-0.4, -0.2) is 79.9 Å². The minimum Gasteiger partial charge on any atom is -0.350 e. The van der Waals surface area contributed by atoms with E-state index in [0.29, 0.717) is 23.4 Å². The molecule has 0 atom stereocenters. The fourth-order valence-corrected chi connectivity index (χ4v) is 5.05. The van der Waals surface area contributed by atoms with E-state index in [1.54, 1.807) is 30.5 Å². The highest BCUT2D eigenvalue weighted by atomic mass is 35.5. The zero-order valence-electron chi connectivity index (χ0n) is 23.1. The van der Waals surface area contributed by atoms with Gasteiger partial charge in [0, 0.05) is 69.6 Å². The Morgan fingerprint density at radius 1 is 1.02 bits per heavy atom. The van der Waals surface area contributed by atoms with Gasteiger partial charge in [-0.25, -0.2) is 4.39 Å². The Kier molecular flexibility index (Phi) is 9.50. The highest BCUT2D eigenvalue weighted by Crippen LogP contribution is 2.23. The van der Waals surface area contributed by atoms with E-state index >= 15 is 0 Å². The van der Waals surface area contributed by atoms with Gasteiger partial charge in [0.15, 0.2) is 5.78 Å². The lowest BCUT2D eigenvalue weighted by molar-refractivity contribution is -0.119. The van der Waals surface area contributed by atoms with E-state index < -0.39 is 11.7 Å². The molecule has 40 heavy (non-hydrogen) atoms. The van der Waals surface area contributed by atoms with E-state index in [1.807, 2.05) is 0 Å². The molecule has 0 aliphatic carbocycles. The molecular formula is C30H35ClFN5O3. The molecule has 0 saturated carbocycles. The first-order chi connectivity index (χ1) is 19.0. The fraction of sp³-hybridized carbons (Fsp3) is 0.400. The SMILES string of the molecule is CN1CCN(CC(C)(C)CNC(=O)C2=C(C(=O)Nc3ccc(CC(=O)c4ccc(F)cc4Cl)cc3)CC=N2)CC1. The number of hydrogen-bond acceptors (Lipinski definition) is 6. The molecule has 2 amide bonds. The van der Waals surface area contributed by atoms with Crippen LogP contribution >= 0.6 is 11.6 Å². The van der Waals surface area contributed by atoms with Crippen LogP contribution in [0, 0.1) is 11.2 Å². The first kappa shape index (κ1) is 29.6. The number of hydrogen-bond donors (Lipinski definition) is 2. The van der Waals surface area contributed by atoms with Gasteiger partial charge in [-0.2, -0.15) is 0 Å². The lowest BCUT2D eigenvalue weighted by Gasteiger charge is -2.37. The molecule has 1 fully saturated rings. The van der Waals surface area contributed by atoms with E-state index in [4.69, 9.17) is 11.6 Å². The number of likely N-dealkylation sites (N-methyl/N-ethyl adjacent to an activating group) is 1. The first-order valence-corrected chi connectivity index (χ1v) is 13.7. The van der Waals surface area contributed by atoms with Gasteiger partial charge in [-0.15, -0.1) is 0 Å². The number of rotatable bonds is 10. The molecule has 2 heterocycles. The van der Waals surface area contributed by atoms with Crippen LogP contribution in [-0.2, 0) is 16.0 Å². The second kappa shape index (κ2) is 12.8. The molecule has 1 saturated heterocycles. The first-order valence-electron chi connectivity index (χ1n) is 13.3. The topological polar surface area (TPSA) is 94.1 Å². The number of benzene rings is 2. The number of nitrogens with zero attached hydrogens (tertiary/aromatic N) is 3. The van der Waals surface area contributed by atoms with Crippen molar-refractivity contribution in [3.8, 4) is 0 Å². The number of aliphatic imine (C=N–C) groups is 1. The molecule has 0 bridgehead atoms. The standard InChI is InChI=1S/C30H35ClFN5O3/c1-30(2,19-37-14-12-36(3)13-15-37)18-34-29(40)27-24(10-11-33-27)28(39)35-22-7-4-20(5-8-22)16-26(38)23-9-6-21(32)17-25(23)31/h4-9,11,17H,10,12-16,18-19H2,1-3H3,(H,34,40)(H,35,39). The second-order valence-electron chi connectivity index (χ2n) is 11.1. The number of carbonyl (C=O) groups excluding carboxylic acids is 3. The summed E-state index contributed by atoms with van der Waals surface area (Å²) in [5.41, 5.74) is 1.79. The van der Waals surface area contributed by atoms with Gasteiger partial charge in [0.1, 0.15) is 11.5 Å². The summed E-state index contributed by atoms with van der Waals surface area (Å²) >= 11 is 6.00. The van der Waals surface area contributed by atoms with Crippen molar-refractivity contribution in [2.24, 2.45) is 10.4 Å². The van der Waals surface area contributed by atoms with Crippen LogP contribution in [0.1, 0.15) is 36.2 Å². The van der Waals surface area contributed by atoms with E-state index in [2.05, 4.69) is 46.3 Å². The normalized spacial score (nSPS) is 16.3. The molecule has 0 unspecified atom stereocenters. The molecule has 0 aromatic heterocycles. The number of carbonyl (C=O) groups is 3. The molecule has 2 aliphatic heterocycles. The smallest absolute Gasteiger partial charge is 0.270 e. The number of halogens is 2. The summed E-state index contributed by atoms with van der Waals surface area (Å²) in [5.74, 6) is -1.51. The third-order valence-corrected chi connectivity index (χ3v) is 7.39. The van der Waals surface area contributed by atoms with Gasteiger partial charge < -0.3 is 20.4 Å². The molecule has 10 heteroatoms. The minimum atomic E-state index is -0.505. The largest absolute Gasteiger partial charge is 0.350 e. The van der Waals surface area contributed by atoms with Crippen molar-refractivity contribution in [2.45, 2.75) is 26.7 Å². The van der Waals surface area contributed by atoms with E-state index in [0.717, 1.165) is 38.8 Å². The Morgan fingerprint density at radius 2 is 1.73 bits per heavy atom. The summed E-state index contributed by atoms with van der Waals surface area (Å²) < 4.78 is 13.3. The van der Waals surface area contributed by atoms with Crippen molar-refractivity contribution in [1.29, 1.82) is 0 Å². The summed E-state index contributed by atoms with van der Waals surface area (Å²) in [5, 5.41) is 5.85. The average Bonchev–Trinajstić information content (AvgIpc) is 3.40. The monoisotopic (exact) mass is 567 g/mol. The molecule has 8 nitrogen and oxygen atoms in total. The Hall–Kier alpha value is -3.40. The number of Topliss-reactive ketones (excluding diaryl/α,β-unsaturated/α-hetero) is 1. The third-order valence-electron chi connectivity index (χ3n) is 7.07. The molecule has 4 rings (SSSR count). The molecule has 2 aromatic carbocycles. The molecule has 2 aromatic rings. The van der Waals surface area contributed by atoms with Crippen LogP contribution in [0.25, 0.3) is 0 Å². The van der Waals surface area contributed by atoms with Gasteiger partial charge >= 0.3 is 0 Å². The highest BCUT2D eigenvalue weighted by molar-refractivity contribution is 6.34. The Morgan fingerprint density at radius 3 is 2.40 bits per heavy atom. The van der Waals surface area contributed by atoms with Gasteiger partial charge in [0.2, 0.25) is 0 Å². The lowest BCUT2D eigenvalue weighted by atomic mass is 9.92. The van der Waals surface area contributed by atoms with Crippen molar-refractivity contribution in [3.63, 3.8) is 0 Å².